The number of halogens is 1. The van der Waals surface area contributed by atoms with Crippen LogP contribution in [-0.2, 0) is 22.6 Å². The maximum atomic E-state index is 5.61. The first-order chi connectivity index (χ1) is 11.4. The molecule has 0 saturated carbocycles. The van der Waals surface area contributed by atoms with Crippen LogP contribution >= 0.6 is 24.0 Å². The number of methoxy groups -OCH3 is 1. The third kappa shape index (κ3) is 10.7. The van der Waals surface area contributed by atoms with Crippen molar-refractivity contribution in [2.24, 2.45) is 4.99 Å². The van der Waals surface area contributed by atoms with E-state index in [-0.39, 0.29) is 35.7 Å². The minimum absolute atomic E-state index is 0. The molecule has 0 fully saturated rings. The maximum absolute atomic E-state index is 5.61. The van der Waals surface area contributed by atoms with E-state index in [9.17, 15) is 0 Å². The number of nitrogens with one attached hydrogen (secondary N) is 2. The fourth-order valence-electron chi connectivity index (χ4n) is 1.88. The van der Waals surface area contributed by atoms with Crippen LogP contribution in [0.3, 0.4) is 0 Å². The summed E-state index contributed by atoms with van der Waals surface area (Å²) >= 11 is 0. The van der Waals surface area contributed by atoms with Gasteiger partial charge in [0.15, 0.2) is 5.96 Å². The van der Waals surface area contributed by atoms with Crippen LogP contribution in [0, 0.1) is 0 Å². The zero-order valence-corrected chi connectivity index (χ0v) is 18.7. The second-order valence-corrected chi connectivity index (χ2v) is 6.69. The van der Waals surface area contributed by atoms with Crippen LogP contribution < -0.4 is 10.6 Å². The summed E-state index contributed by atoms with van der Waals surface area (Å²) in [5.74, 6) is 0.801. The minimum Gasteiger partial charge on any atom is -0.377 e. The molecule has 25 heavy (non-hydrogen) atoms. The van der Waals surface area contributed by atoms with Gasteiger partial charge in [-0.05, 0) is 45.7 Å². The van der Waals surface area contributed by atoms with Gasteiger partial charge in [-0.15, -0.1) is 24.0 Å². The average molecular weight is 463 g/mol. The van der Waals surface area contributed by atoms with Crippen LogP contribution in [0.1, 0.15) is 45.7 Å². The van der Waals surface area contributed by atoms with E-state index in [2.05, 4.69) is 46.8 Å². The van der Waals surface area contributed by atoms with E-state index >= 15 is 0 Å². The normalized spacial score (nSPS) is 12.0. The lowest BCUT2D eigenvalue weighted by Crippen LogP contribution is -2.45. The zero-order valence-electron chi connectivity index (χ0n) is 16.4. The van der Waals surface area contributed by atoms with Crippen LogP contribution in [0.5, 0.6) is 0 Å². The highest BCUT2D eigenvalue weighted by atomic mass is 127. The van der Waals surface area contributed by atoms with E-state index in [4.69, 9.17) is 9.47 Å². The van der Waals surface area contributed by atoms with Crippen LogP contribution in [-0.4, -0.2) is 37.9 Å². The number of guanidine groups is 1. The van der Waals surface area contributed by atoms with Crippen molar-refractivity contribution in [2.45, 2.75) is 59.5 Å². The Morgan fingerprint density at radius 2 is 1.72 bits per heavy atom. The van der Waals surface area contributed by atoms with E-state index in [0.29, 0.717) is 19.7 Å². The van der Waals surface area contributed by atoms with Gasteiger partial charge in [0.25, 0.3) is 0 Å². The van der Waals surface area contributed by atoms with Crippen molar-refractivity contribution < 1.29 is 9.47 Å². The first kappa shape index (κ1) is 24.1. The molecule has 0 aliphatic rings. The molecule has 0 saturated heterocycles. The maximum Gasteiger partial charge on any atom is 0.191 e. The number of rotatable bonds is 9. The Balaban J connectivity index is 0.00000576. The molecular weight excluding hydrogens is 429 g/mol. The molecule has 144 valence electrons. The second kappa shape index (κ2) is 12.5. The van der Waals surface area contributed by atoms with Crippen LogP contribution in [0.25, 0.3) is 0 Å². The van der Waals surface area contributed by atoms with Crippen LogP contribution in [0.15, 0.2) is 29.3 Å². The highest BCUT2D eigenvalue weighted by molar-refractivity contribution is 14.0. The topological polar surface area (TPSA) is 54.9 Å². The van der Waals surface area contributed by atoms with E-state index < -0.39 is 0 Å². The summed E-state index contributed by atoms with van der Waals surface area (Å²) in [7, 11) is 1.72. The molecule has 5 nitrogen and oxygen atoms in total. The van der Waals surface area contributed by atoms with E-state index in [1.54, 1.807) is 7.11 Å². The average Bonchev–Trinajstić information content (AvgIpc) is 2.56. The number of benzene rings is 1. The summed E-state index contributed by atoms with van der Waals surface area (Å²) in [6, 6.07) is 8.40. The van der Waals surface area contributed by atoms with Crippen molar-refractivity contribution in [3.05, 3.63) is 35.4 Å². The Labute approximate surface area is 170 Å². The second-order valence-electron chi connectivity index (χ2n) is 6.69. The Morgan fingerprint density at radius 1 is 1.12 bits per heavy atom. The molecule has 0 aliphatic heterocycles. The molecule has 0 spiro atoms. The Bertz CT molecular complexity index is 502. The van der Waals surface area contributed by atoms with Gasteiger partial charge in [-0.25, -0.2) is 4.99 Å². The monoisotopic (exact) mass is 463 g/mol. The molecular formula is C19H34IN3O2. The third-order valence-corrected chi connectivity index (χ3v) is 3.60. The first-order valence-electron chi connectivity index (χ1n) is 8.63. The number of aliphatic imine (C=N–C) groups is 1. The lowest BCUT2D eigenvalue weighted by molar-refractivity contribution is 0.0268. The lowest BCUT2D eigenvalue weighted by atomic mass is 10.1. The molecule has 0 aromatic heterocycles. The zero-order chi connectivity index (χ0) is 18.0. The molecule has 0 amide bonds. The van der Waals surface area contributed by atoms with Crippen LogP contribution in [0.4, 0.5) is 0 Å². The molecule has 0 unspecified atom stereocenters. The standard InChI is InChI=1S/C19H33N3O2.HI/c1-7-20-18(22-14-19(4,5)23-6)21-12-16-8-10-17(11-9-16)13-24-15(2)3;/h8-11,15H,7,12-14H2,1-6H3,(H2,20,21,22);1H. The molecule has 2 N–H and O–H groups in total. The third-order valence-electron chi connectivity index (χ3n) is 3.60. The molecule has 0 radical (unpaired) electrons. The first-order valence-corrected chi connectivity index (χ1v) is 8.63. The van der Waals surface area contributed by atoms with Crippen molar-refractivity contribution in [3.8, 4) is 0 Å². The summed E-state index contributed by atoms with van der Waals surface area (Å²) in [4.78, 5) is 4.63. The van der Waals surface area contributed by atoms with Gasteiger partial charge in [0.1, 0.15) is 0 Å². The number of ether oxygens (including phenoxy) is 2. The number of hydrogen-bond acceptors (Lipinski definition) is 3. The highest BCUT2D eigenvalue weighted by Gasteiger charge is 2.16. The lowest BCUT2D eigenvalue weighted by Gasteiger charge is -2.24. The minimum atomic E-state index is -0.228. The van der Waals surface area contributed by atoms with E-state index in [1.807, 2.05) is 27.7 Å². The van der Waals surface area contributed by atoms with Crippen molar-refractivity contribution in [1.29, 1.82) is 0 Å². The van der Waals surface area contributed by atoms with E-state index in [1.165, 1.54) is 11.1 Å². The fraction of sp³-hybridized carbons (Fsp3) is 0.632. The Hall–Kier alpha value is -0.860. The van der Waals surface area contributed by atoms with Gasteiger partial charge in [0, 0.05) is 20.2 Å². The van der Waals surface area contributed by atoms with Crippen molar-refractivity contribution in [1.82, 2.24) is 10.6 Å². The summed E-state index contributed by atoms with van der Waals surface area (Å²) < 4.78 is 11.0. The Morgan fingerprint density at radius 3 is 2.24 bits per heavy atom. The molecule has 1 aromatic carbocycles. The number of hydrogen-bond donors (Lipinski definition) is 2. The predicted molar refractivity (Wildman–Crippen MR) is 116 cm³/mol. The fourth-order valence-corrected chi connectivity index (χ4v) is 1.88. The van der Waals surface area contributed by atoms with Crippen molar-refractivity contribution in [2.75, 3.05) is 20.2 Å². The highest BCUT2D eigenvalue weighted by Crippen LogP contribution is 2.08. The van der Waals surface area contributed by atoms with Gasteiger partial charge in [-0.3, -0.25) is 0 Å². The largest absolute Gasteiger partial charge is 0.377 e. The smallest absolute Gasteiger partial charge is 0.191 e. The molecule has 6 heteroatoms. The SMILES string of the molecule is CCNC(=NCc1ccc(COC(C)C)cc1)NCC(C)(C)OC.I. The van der Waals surface area contributed by atoms with Gasteiger partial charge >= 0.3 is 0 Å². The van der Waals surface area contributed by atoms with Gasteiger partial charge in [0.2, 0.25) is 0 Å². The summed E-state index contributed by atoms with van der Waals surface area (Å²) in [5.41, 5.74) is 2.13. The van der Waals surface area contributed by atoms with Gasteiger partial charge in [-0.2, -0.15) is 0 Å². The predicted octanol–water partition coefficient (Wildman–Crippen LogP) is 3.71. The van der Waals surface area contributed by atoms with Crippen molar-refractivity contribution >= 4 is 29.9 Å². The van der Waals surface area contributed by atoms with Gasteiger partial charge in [0.05, 0.1) is 24.9 Å². The summed E-state index contributed by atoms with van der Waals surface area (Å²) in [6.45, 7) is 13.0. The van der Waals surface area contributed by atoms with Gasteiger partial charge in [-0.1, -0.05) is 24.3 Å². The quantitative estimate of drug-likeness (QED) is 0.333. The summed E-state index contributed by atoms with van der Waals surface area (Å²) in [5, 5.41) is 6.58. The molecule has 0 bridgehead atoms. The Kier molecular flexibility index (Phi) is 12.1. The van der Waals surface area contributed by atoms with Crippen LogP contribution in [0.2, 0.25) is 0 Å². The van der Waals surface area contributed by atoms with Crippen molar-refractivity contribution in [3.63, 3.8) is 0 Å². The van der Waals surface area contributed by atoms with E-state index in [0.717, 1.165) is 12.5 Å². The molecule has 0 aliphatic carbocycles. The summed E-state index contributed by atoms with van der Waals surface area (Å²) in [6.07, 6.45) is 0.249. The molecule has 0 atom stereocenters. The van der Waals surface area contributed by atoms with Gasteiger partial charge < -0.3 is 20.1 Å². The molecule has 1 aromatic rings. The molecule has 1 rings (SSSR count). The molecule has 0 heterocycles. The number of nitrogens with zero attached hydrogens (tertiary/aromatic N) is 1.